The highest BCUT2D eigenvalue weighted by atomic mass is 16.5. The third kappa shape index (κ3) is 12.3. The van der Waals surface area contributed by atoms with Crippen LogP contribution in [0.5, 0.6) is 0 Å². The molecular weight excluding hydrogens is 312 g/mol. The second kappa shape index (κ2) is 13.2. The Morgan fingerprint density at radius 2 is 1.12 bits per heavy atom. The summed E-state index contributed by atoms with van der Waals surface area (Å²) in [6.45, 7) is 11.8. The van der Waals surface area contributed by atoms with Crippen LogP contribution in [0.4, 0.5) is 4.79 Å². The number of ether oxygens (including phenoxy) is 2. The summed E-state index contributed by atoms with van der Waals surface area (Å²) in [6.07, 6.45) is 2.78. The lowest BCUT2D eigenvalue weighted by Crippen LogP contribution is -2.36. The number of unbranched alkanes of at least 4 members (excludes halogenated alkanes) is 2. The van der Waals surface area contributed by atoms with Crippen LogP contribution in [-0.4, -0.2) is 44.3 Å². The molecule has 0 aromatic rings. The molecule has 0 rings (SSSR count). The van der Waals surface area contributed by atoms with E-state index in [4.69, 9.17) is 9.47 Å². The molecule has 0 fully saturated rings. The summed E-state index contributed by atoms with van der Waals surface area (Å²) in [7, 11) is 0. The smallest absolute Gasteiger partial charge is 0.333 e. The van der Waals surface area contributed by atoms with Crippen LogP contribution in [-0.2, 0) is 19.1 Å². The zero-order valence-electron chi connectivity index (χ0n) is 14.6. The van der Waals surface area contributed by atoms with Crippen LogP contribution >= 0.6 is 0 Å². The molecule has 0 atom stereocenters. The van der Waals surface area contributed by atoms with Crippen LogP contribution in [0.25, 0.3) is 0 Å². The number of amides is 2. The standard InChI is InChI=1S/C17H28N2O5/c1-13(2)15(20)23-11-7-5-9-18-17(22)19-10-6-8-12-24-16(21)14(3)4/h1,3,5-12H2,2,4H3,(H2,18,19,22). The minimum absolute atomic E-state index is 0.243. The number of esters is 2. The molecule has 0 heterocycles. The first-order chi connectivity index (χ1) is 11.3. The van der Waals surface area contributed by atoms with Gasteiger partial charge < -0.3 is 20.1 Å². The Bertz CT molecular complexity index is 420. The van der Waals surface area contributed by atoms with Gasteiger partial charge in [-0.25, -0.2) is 14.4 Å². The number of carbonyl (C=O) groups excluding carboxylic acids is 3. The van der Waals surface area contributed by atoms with E-state index in [0.717, 1.165) is 0 Å². The first kappa shape index (κ1) is 21.7. The first-order valence-electron chi connectivity index (χ1n) is 8.01. The van der Waals surface area contributed by atoms with E-state index in [2.05, 4.69) is 23.8 Å². The molecule has 0 aromatic carbocycles. The molecule has 24 heavy (non-hydrogen) atoms. The monoisotopic (exact) mass is 340 g/mol. The molecule has 0 radical (unpaired) electrons. The molecule has 7 heteroatoms. The Kier molecular flexibility index (Phi) is 11.9. The SMILES string of the molecule is C=C(C)C(=O)OCCCCNC(=O)NCCCCOC(=O)C(=C)C. The third-order valence-electron chi connectivity index (χ3n) is 2.88. The molecule has 136 valence electrons. The predicted octanol–water partition coefficient (Wildman–Crippen LogP) is 2.08. The van der Waals surface area contributed by atoms with Crippen molar-refractivity contribution in [1.29, 1.82) is 0 Å². The summed E-state index contributed by atoms with van der Waals surface area (Å²) in [5, 5.41) is 5.43. The van der Waals surface area contributed by atoms with Crippen molar-refractivity contribution in [2.24, 2.45) is 0 Å². The minimum Gasteiger partial charge on any atom is -0.462 e. The van der Waals surface area contributed by atoms with Gasteiger partial charge in [-0.15, -0.1) is 0 Å². The molecule has 0 aliphatic carbocycles. The molecule has 0 saturated heterocycles. The van der Waals surface area contributed by atoms with Crippen LogP contribution in [0.1, 0.15) is 39.5 Å². The average molecular weight is 340 g/mol. The van der Waals surface area contributed by atoms with Gasteiger partial charge in [-0.2, -0.15) is 0 Å². The number of hydrogen-bond donors (Lipinski definition) is 2. The van der Waals surface area contributed by atoms with Gasteiger partial charge in [0.2, 0.25) is 0 Å². The van der Waals surface area contributed by atoms with Gasteiger partial charge in [0.25, 0.3) is 0 Å². The fourth-order valence-electron chi connectivity index (χ4n) is 1.50. The van der Waals surface area contributed by atoms with Gasteiger partial charge in [0.1, 0.15) is 0 Å². The van der Waals surface area contributed by atoms with Crippen molar-refractivity contribution in [3.8, 4) is 0 Å². The second-order valence-corrected chi connectivity index (χ2v) is 5.43. The number of carbonyl (C=O) groups is 3. The molecule has 2 amide bonds. The molecule has 0 aliphatic heterocycles. The van der Waals surface area contributed by atoms with Gasteiger partial charge in [0, 0.05) is 24.2 Å². The Morgan fingerprint density at radius 1 is 0.750 bits per heavy atom. The number of nitrogens with one attached hydrogen (secondary N) is 2. The quantitative estimate of drug-likeness (QED) is 0.322. The van der Waals surface area contributed by atoms with E-state index in [1.807, 2.05) is 0 Å². The normalized spacial score (nSPS) is 9.75. The molecular formula is C17H28N2O5. The third-order valence-corrected chi connectivity index (χ3v) is 2.88. The lowest BCUT2D eigenvalue weighted by molar-refractivity contribution is -0.139. The largest absolute Gasteiger partial charge is 0.462 e. The number of hydrogen-bond acceptors (Lipinski definition) is 5. The van der Waals surface area contributed by atoms with Gasteiger partial charge in [0.15, 0.2) is 0 Å². The van der Waals surface area contributed by atoms with Crippen LogP contribution in [0.15, 0.2) is 24.3 Å². The molecule has 0 bridgehead atoms. The molecule has 7 nitrogen and oxygen atoms in total. The van der Waals surface area contributed by atoms with Gasteiger partial charge in [0.05, 0.1) is 13.2 Å². The maximum absolute atomic E-state index is 11.5. The van der Waals surface area contributed by atoms with Gasteiger partial charge >= 0.3 is 18.0 Å². The Morgan fingerprint density at radius 3 is 1.46 bits per heavy atom. The fourth-order valence-corrected chi connectivity index (χ4v) is 1.50. The van der Waals surface area contributed by atoms with Crippen molar-refractivity contribution in [2.45, 2.75) is 39.5 Å². The topological polar surface area (TPSA) is 93.7 Å². The van der Waals surface area contributed by atoms with Crippen molar-refractivity contribution in [3.63, 3.8) is 0 Å². The highest BCUT2D eigenvalue weighted by molar-refractivity contribution is 5.87. The van der Waals surface area contributed by atoms with Crippen molar-refractivity contribution in [1.82, 2.24) is 10.6 Å². The Labute approximate surface area is 143 Å². The summed E-state index contributed by atoms with van der Waals surface area (Å²) in [5.74, 6) is -0.788. The molecule has 0 aromatic heterocycles. The lowest BCUT2D eigenvalue weighted by atomic mass is 10.3. The van der Waals surface area contributed by atoms with Crippen molar-refractivity contribution < 1.29 is 23.9 Å². The second-order valence-electron chi connectivity index (χ2n) is 5.43. The van der Waals surface area contributed by atoms with E-state index < -0.39 is 11.9 Å². The zero-order valence-corrected chi connectivity index (χ0v) is 14.6. The molecule has 0 unspecified atom stereocenters. The van der Waals surface area contributed by atoms with Crippen molar-refractivity contribution in [2.75, 3.05) is 26.3 Å². The van der Waals surface area contributed by atoms with Gasteiger partial charge in [-0.05, 0) is 39.5 Å². The molecule has 2 N–H and O–H groups in total. The van der Waals surface area contributed by atoms with E-state index in [-0.39, 0.29) is 6.03 Å². The van der Waals surface area contributed by atoms with Gasteiger partial charge in [-0.3, -0.25) is 0 Å². The fraction of sp³-hybridized carbons (Fsp3) is 0.588. The van der Waals surface area contributed by atoms with Gasteiger partial charge in [-0.1, -0.05) is 13.2 Å². The van der Waals surface area contributed by atoms with Crippen LogP contribution < -0.4 is 10.6 Å². The first-order valence-corrected chi connectivity index (χ1v) is 8.01. The molecule has 0 spiro atoms. The van der Waals surface area contributed by atoms with Crippen molar-refractivity contribution in [3.05, 3.63) is 24.3 Å². The van der Waals surface area contributed by atoms with E-state index in [9.17, 15) is 14.4 Å². The average Bonchev–Trinajstić information content (AvgIpc) is 2.53. The minimum atomic E-state index is -0.394. The van der Waals surface area contributed by atoms with Crippen LogP contribution in [0.2, 0.25) is 0 Å². The van der Waals surface area contributed by atoms with Crippen LogP contribution in [0, 0.1) is 0 Å². The summed E-state index contributed by atoms with van der Waals surface area (Å²) < 4.78 is 9.87. The number of rotatable bonds is 12. The summed E-state index contributed by atoms with van der Waals surface area (Å²) >= 11 is 0. The van der Waals surface area contributed by atoms with Crippen LogP contribution in [0.3, 0.4) is 0 Å². The van der Waals surface area contributed by atoms with E-state index >= 15 is 0 Å². The maximum atomic E-state index is 11.5. The maximum Gasteiger partial charge on any atom is 0.333 e. The number of urea groups is 1. The predicted molar refractivity (Wildman–Crippen MR) is 91.4 cm³/mol. The molecule has 0 saturated carbocycles. The van der Waals surface area contributed by atoms with E-state index in [0.29, 0.717) is 63.1 Å². The zero-order chi connectivity index (χ0) is 18.4. The Balaban J connectivity index is 3.41. The highest BCUT2D eigenvalue weighted by Crippen LogP contribution is 1.96. The molecule has 0 aliphatic rings. The lowest BCUT2D eigenvalue weighted by Gasteiger charge is -2.08. The summed E-state index contributed by atoms with van der Waals surface area (Å²) in [6, 6.07) is -0.243. The summed E-state index contributed by atoms with van der Waals surface area (Å²) in [4.78, 5) is 33.7. The Hall–Kier alpha value is -2.31. The van der Waals surface area contributed by atoms with E-state index in [1.165, 1.54) is 0 Å². The van der Waals surface area contributed by atoms with Crippen molar-refractivity contribution >= 4 is 18.0 Å². The summed E-state index contributed by atoms with van der Waals surface area (Å²) in [5.41, 5.74) is 0.754. The highest BCUT2D eigenvalue weighted by Gasteiger charge is 2.04. The van der Waals surface area contributed by atoms with E-state index in [1.54, 1.807) is 13.8 Å².